The van der Waals surface area contributed by atoms with E-state index in [0.29, 0.717) is 6.42 Å². The molecule has 0 amide bonds. The first kappa shape index (κ1) is 17.3. The van der Waals surface area contributed by atoms with Crippen LogP contribution in [0, 0.1) is 5.92 Å². The van der Waals surface area contributed by atoms with Crippen LogP contribution in [0.25, 0.3) is 0 Å². The van der Waals surface area contributed by atoms with Crippen molar-refractivity contribution in [1.82, 2.24) is 10.9 Å². The molecule has 0 aliphatic carbocycles. The van der Waals surface area contributed by atoms with Gasteiger partial charge < -0.3 is 15.3 Å². The third-order valence-electron chi connectivity index (χ3n) is 2.38. The Bertz CT molecular complexity index is 331. The number of rotatable bonds is 10. The van der Waals surface area contributed by atoms with Gasteiger partial charge in [0.2, 0.25) is 0 Å². The van der Waals surface area contributed by atoms with Crippen LogP contribution in [-0.2, 0) is 14.4 Å². The molecule has 0 aliphatic rings. The third kappa shape index (κ3) is 8.11. The van der Waals surface area contributed by atoms with Gasteiger partial charge >= 0.3 is 17.9 Å². The molecule has 8 heteroatoms. The van der Waals surface area contributed by atoms with E-state index < -0.39 is 30.0 Å². The first-order valence-corrected chi connectivity index (χ1v) is 5.92. The fourth-order valence-electron chi connectivity index (χ4n) is 1.42. The van der Waals surface area contributed by atoms with E-state index in [1.807, 2.05) is 13.8 Å². The average Bonchev–Trinajstić information content (AvgIpc) is 2.25. The van der Waals surface area contributed by atoms with E-state index in [4.69, 9.17) is 15.3 Å². The molecule has 0 rings (SSSR count). The third-order valence-corrected chi connectivity index (χ3v) is 2.38. The summed E-state index contributed by atoms with van der Waals surface area (Å²) in [6.07, 6.45) is -0.118. The van der Waals surface area contributed by atoms with Crippen LogP contribution in [0.4, 0.5) is 0 Å². The highest BCUT2D eigenvalue weighted by molar-refractivity contribution is 5.75. The Hall–Kier alpha value is -1.67. The highest BCUT2D eigenvalue weighted by Gasteiger charge is 2.23. The molecule has 5 N–H and O–H groups in total. The summed E-state index contributed by atoms with van der Waals surface area (Å²) in [5, 5.41) is 26.3. The minimum Gasteiger partial charge on any atom is -0.481 e. The van der Waals surface area contributed by atoms with Gasteiger partial charge in [0.1, 0.15) is 12.1 Å². The van der Waals surface area contributed by atoms with Crippen LogP contribution in [0.3, 0.4) is 0 Å². The second-order valence-electron chi connectivity index (χ2n) is 4.63. The van der Waals surface area contributed by atoms with Crippen LogP contribution >= 0.6 is 0 Å². The van der Waals surface area contributed by atoms with Crippen molar-refractivity contribution in [2.24, 2.45) is 5.92 Å². The maximum absolute atomic E-state index is 10.9. The quantitative estimate of drug-likeness (QED) is 0.349. The van der Waals surface area contributed by atoms with Gasteiger partial charge in [-0.2, -0.15) is 0 Å². The molecule has 8 nitrogen and oxygen atoms in total. The maximum atomic E-state index is 10.9. The average molecular weight is 276 g/mol. The Balaban J connectivity index is 4.37. The summed E-state index contributed by atoms with van der Waals surface area (Å²) < 4.78 is 0. The predicted octanol–water partition coefficient (Wildman–Crippen LogP) is -0.102. The van der Waals surface area contributed by atoms with Gasteiger partial charge in [0.05, 0.1) is 0 Å². The van der Waals surface area contributed by atoms with E-state index in [1.165, 1.54) is 0 Å². The van der Waals surface area contributed by atoms with Crippen LogP contribution in [-0.4, -0.2) is 45.3 Å². The summed E-state index contributed by atoms with van der Waals surface area (Å²) in [5.41, 5.74) is 4.80. The number of carboxylic acids is 3. The fraction of sp³-hybridized carbons (Fsp3) is 0.727. The second kappa shape index (κ2) is 8.44. The molecule has 0 aromatic heterocycles. The van der Waals surface area contributed by atoms with Crippen molar-refractivity contribution >= 4 is 17.9 Å². The van der Waals surface area contributed by atoms with E-state index in [-0.39, 0.29) is 18.8 Å². The number of hydrogen-bond acceptors (Lipinski definition) is 5. The zero-order valence-electron chi connectivity index (χ0n) is 10.9. The van der Waals surface area contributed by atoms with Crippen molar-refractivity contribution in [3.8, 4) is 0 Å². The molecule has 0 saturated carbocycles. The Labute approximate surface area is 110 Å². The van der Waals surface area contributed by atoms with E-state index in [9.17, 15) is 14.4 Å². The lowest BCUT2D eigenvalue weighted by molar-refractivity contribution is -0.144. The molecule has 0 radical (unpaired) electrons. The normalized spacial score (nSPS) is 14.1. The first-order valence-electron chi connectivity index (χ1n) is 5.92. The number of carbonyl (C=O) groups is 3. The number of carboxylic acid groups (broad SMARTS) is 3. The SMILES string of the molecule is CC(C)C[C@H](NN[C@@H](CCC(=O)O)C(=O)O)C(=O)O. The molecular formula is C11H20N2O6. The van der Waals surface area contributed by atoms with Gasteiger partial charge in [-0.15, -0.1) is 0 Å². The maximum Gasteiger partial charge on any atom is 0.322 e. The minimum absolute atomic E-state index is 0.123. The predicted molar refractivity (Wildman–Crippen MR) is 65.4 cm³/mol. The van der Waals surface area contributed by atoms with Crippen LogP contribution < -0.4 is 10.9 Å². The molecule has 0 unspecified atom stereocenters. The Kier molecular flexibility index (Phi) is 7.69. The van der Waals surface area contributed by atoms with Crippen LogP contribution in [0.5, 0.6) is 0 Å². The van der Waals surface area contributed by atoms with E-state index in [1.54, 1.807) is 0 Å². The van der Waals surface area contributed by atoms with Gasteiger partial charge in [0.15, 0.2) is 0 Å². The topological polar surface area (TPSA) is 136 Å². The molecule has 0 heterocycles. The van der Waals surface area contributed by atoms with Crippen molar-refractivity contribution < 1.29 is 29.7 Å². The van der Waals surface area contributed by atoms with Gasteiger partial charge in [-0.1, -0.05) is 13.8 Å². The van der Waals surface area contributed by atoms with Crippen LogP contribution in [0.15, 0.2) is 0 Å². The van der Waals surface area contributed by atoms with Gasteiger partial charge in [-0.3, -0.25) is 14.4 Å². The van der Waals surface area contributed by atoms with Crippen molar-refractivity contribution in [3.63, 3.8) is 0 Å². The summed E-state index contributed by atoms with van der Waals surface area (Å²) >= 11 is 0. The highest BCUT2D eigenvalue weighted by Crippen LogP contribution is 2.05. The molecule has 0 spiro atoms. The van der Waals surface area contributed by atoms with Gasteiger partial charge in [0.25, 0.3) is 0 Å². The number of nitrogens with one attached hydrogen (secondary N) is 2. The molecule has 0 aliphatic heterocycles. The smallest absolute Gasteiger partial charge is 0.322 e. The Morgan fingerprint density at radius 1 is 0.947 bits per heavy atom. The summed E-state index contributed by atoms with van der Waals surface area (Å²) in [6.45, 7) is 3.69. The lowest BCUT2D eigenvalue weighted by Crippen LogP contribution is -2.52. The Morgan fingerprint density at radius 2 is 1.42 bits per heavy atom. The van der Waals surface area contributed by atoms with Gasteiger partial charge in [-0.05, 0) is 18.8 Å². The largest absolute Gasteiger partial charge is 0.481 e. The van der Waals surface area contributed by atoms with Crippen molar-refractivity contribution in [2.45, 2.75) is 45.2 Å². The minimum atomic E-state index is -1.23. The summed E-state index contributed by atoms with van der Waals surface area (Å²) in [5.74, 6) is -3.31. The second-order valence-corrected chi connectivity index (χ2v) is 4.63. The molecular weight excluding hydrogens is 256 g/mol. The van der Waals surface area contributed by atoms with Gasteiger partial charge in [0, 0.05) is 6.42 Å². The van der Waals surface area contributed by atoms with E-state index >= 15 is 0 Å². The molecule has 0 fully saturated rings. The Morgan fingerprint density at radius 3 is 1.79 bits per heavy atom. The molecule has 19 heavy (non-hydrogen) atoms. The van der Waals surface area contributed by atoms with E-state index in [2.05, 4.69) is 10.9 Å². The van der Waals surface area contributed by atoms with Crippen molar-refractivity contribution in [1.29, 1.82) is 0 Å². The molecule has 0 aromatic carbocycles. The highest BCUT2D eigenvalue weighted by atomic mass is 16.4. The summed E-state index contributed by atoms with van der Waals surface area (Å²) in [7, 11) is 0. The molecule has 0 aromatic rings. The standard InChI is InChI=1S/C11H20N2O6/c1-6(2)5-8(11(18)19)13-12-7(10(16)17)3-4-9(14)15/h6-8,12-13H,3-5H2,1-2H3,(H,14,15)(H,16,17)(H,18,19)/t7-,8-/m0/s1. The molecule has 0 saturated heterocycles. The zero-order valence-corrected chi connectivity index (χ0v) is 10.9. The van der Waals surface area contributed by atoms with Crippen molar-refractivity contribution in [2.75, 3.05) is 0 Å². The van der Waals surface area contributed by atoms with Crippen molar-refractivity contribution in [3.05, 3.63) is 0 Å². The summed E-state index contributed by atoms with van der Waals surface area (Å²) in [4.78, 5) is 32.2. The molecule has 2 atom stereocenters. The number of hydrazine groups is 1. The first-order chi connectivity index (χ1) is 8.73. The number of aliphatic carboxylic acids is 3. The van der Waals surface area contributed by atoms with Crippen LogP contribution in [0.1, 0.15) is 33.1 Å². The fourth-order valence-corrected chi connectivity index (χ4v) is 1.42. The lowest BCUT2D eigenvalue weighted by atomic mass is 10.0. The molecule has 110 valence electrons. The number of hydrogen-bond donors (Lipinski definition) is 5. The monoisotopic (exact) mass is 276 g/mol. The van der Waals surface area contributed by atoms with Gasteiger partial charge in [-0.25, -0.2) is 10.9 Å². The van der Waals surface area contributed by atoms with E-state index in [0.717, 1.165) is 0 Å². The summed E-state index contributed by atoms with van der Waals surface area (Å²) in [6, 6.07) is -2.07. The lowest BCUT2D eigenvalue weighted by Gasteiger charge is -2.20. The molecule has 0 bridgehead atoms. The zero-order chi connectivity index (χ0) is 15.0. The van der Waals surface area contributed by atoms with Crippen LogP contribution in [0.2, 0.25) is 0 Å².